The highest BCUT2D eigenvalue weighted by Gasteiger charge is 2.22. The van der Waals surface area contributed by atoms with Gasteiger partial charge in [0, 0.05) is 13.7 Å². The van der Waals surface area contributed by atoms with Crippen LogP contribution in [0.2, 0.25) is 0 Å². The summed E-state index contributed by atoms with van der Waals surface area (Å²) in [6, 6.07) is 11.1. The van der Waals surface area contributed by atoms with Crippen molar-refractivity contribution in [1.29, 1.82) is 0 Å². The summed E-state index contributed by atoms with van der Waals surface area (Å²) < 4.78 is 11.5. The van der Waals surface area contributed by atoms with E-state index in [1.54, 1.807) is 5.56 Å². The number of hydrogen-bond donors (Lipinski definition) is 0. The van der Waals surface area contributed by atoms with E-state index in [1.807, 2.05) is 7.11 Å². The lowest BCUT2D eigenvalue weighted by molar-refractivity contribution is -0.0175. The van der Waals surface area contributed by atoms with Gasteiger partial charge in [-0.2, -0.15) is 0 Å². The van der Waals surface area contributed by atoms with E-state index in [1.165, 1.54) is 70.6 Å². The Morgan fingerprint density at radius 1 is 0.800 bits per heavy atom. The molecule has 0 atom stereocenters. The van der Waals surface area contributed by atoms with Crippen molar-refractivity contribution in [3.63, 3.8) is 0 Å². The molecule has 3 rings (SSSR count). The molecule has 2 saturated carbocycles. The van der Waals surface area contributed by atoms with Gasteiger partial charge < -0.3 is 9.47 Å². The SMILES string of the molecule is COC1CCC(OCCCCC2CCC(c3ccccc3)CC2)CC1. The molecule has 1 aromatic carbocycles. The van der Waals surface area contributed by atoms with Gasteiger partial charge in [0.05, 0.1) is 12.2 Å². The van der Waals surface area contributed by atoms with E-state index in [2.05, 4.69) is 30.3 Å². The molecule has 0 N–H and O–H groups in total. The maximum atomic E-state index is 6.08. The number of ether oxygens (including phenoxy) is 2. The zero-order valence-electron chi connectivity index (χ0n) is 16.0. The van der Waals surface area contributed by atoms with Crippen molar-refractivity contribution >= 4 is 0 Å². The van der Waals surface area contributed by atoms with Crippen LogP contribution in [-0.4, -0.2) is 25.9 Å². The molecule has 2 aliphatic carbocycles. The average molecular weight is 345 g/mol. The largest absolute Gasteiger partial charge is 0.381 e. The van der Waals surface area contributed by atoms with Crippen molar-refractivity contribution in [1.82, 2.24) is 0 Å². The lowest BCUT2D eigenvalue weighted by atomic mass is 9.77. The molecule has 0 radical (unpaired) electrons. The van der Waals surface area contributed by atoms with Crippen LogP contribution in [0.5, 0.6) is 0 Å². The van der Waals surface area contributed by atoms with Gasteiger partial charge in [-0.05, 0) is 75.2 Å². The van der Waals surface area contributed by atoms with Gasteiger partial charge in [0.25, 0.3) is 0 Å². The van der Waals surface area contributed by atoms with Crippen molar-refractivity contribution in [3.8, 4) is 0 Å². The molecule has 1 aromatic rings. The number of hydrogen-bond acceptors (Lipinski definition) is 2. The van der Waals surface area contributed by atoms with Crippen LogP contribution in [0.25, 0.3) is 0 Å². The first-order chi connectivity index (χ1) is 12.3. The second-order valence-electron chi connectivity index (χ2n) is 8.13. The van der Waals surface area contributed by atoms with Crippen LogP contribution in [-0.2, 0) is 9.47 Å². The first kappa shape index (κ1) is 18.9. The summed E-state index contributed by atoms with van der Waals surface area (Å²) in [5, 5.41) is 0. The highest BCUT2D eigenvalue weighted by atomic mass is 16.5. The number of unbranched alkanes of at least 4 members (excludes halogenated alkanes) is 1. The topological polar surface area (TPSA) is 18.5 Å². The molecule has 0 bridgehead atoms. The first-order valence-corrected chi connectivity index (χ1v) is 10.5. The van der Waals surface area contributed by atoms with Gasteiger partial charge in [-0.3, -0.25) is 0 Å². The summed E-state index contributed by atoms with van der Waals surface area (Å²) in [4.78, 5) is 0. The van der Waals surface area contributed by atoms with Crippen LogP contribution in [0.15, 0.2) is 30.3 Å². The maximum absolute atomic E-state index is 6.08. The smallest absolute Gasteiger partial charge is 0.0577 e. The fourth-order valence-electron chi connectivity index (χ4n) is 4.73. The minimum Gasteiger partial charge on any atom is -0.381 e. The monoisotopic (exact) mass is 344 g/mol. The molecule has 2 nitrogen and oxygen atoms in total. The van der Waals surface area contributed by atoms with Crippen molar-refractivity contribution in [3.05, 3.63) is 35.9 Å². The molecule has 2 fully saturated rings. The van der Waals surface area contributed by atoms with E-state index in [0.29, 0.717) is 12.2 Å². The third kappa shape index (κ3) is 6.11. The van der Waals surface area contributed by atoms with E-state index in [0.717, 1.165) is 18.4 Å². The van der Waals surface area contributed by atoms with Gasteiger partial charge >= 0.3 is 0 Å². The minimum atomic E-state index is 0.478. The van der Waals surface area contributed by atoms with E-state index >= 15 is 0 Å². The van der Waals surface area contributed by atoms with Crippen LogP contribution < -0.4 is 0 Å². The summed E-state index contributed by atoms with van der Waals surface area (Å²) >= 11 is 0. The predicted molar refractivity (Wildman–Crippen MR) is 104 cm³/mol. The maximum Gasteiger partial charge on any atom is 0.0577 e. The fourth-order valence-corrected chi connectivity index (χ4v) is 4.73. The quantitative estimate of drug-likeness (QED) is 0.530. The number of benzene rings is 1. The Morgan fingerprint density at radius 2 is 1.48 bits per heavy atom. The molecule has 0 unspecified atom stereocenters. The van der Waals surface area contributed by atoms with Crippen LogP contribution in [0, 0.1) is 5.92 Å². The lowest BCUT2D eigenvalue weighted by Gasteiger charge is -2.29. The summed E-state index contributed by atoms with van der Waals surface area (Å²) in [7, 11) is 1.83. The Kier molecular flexibility index (Phi) is 7.81. The summed E-state index contributed by atoms with van der Waals surface area (Å²) in [5.41, 5.74) is 1.55. The lowest BCUT2D eigenvalue weighted by Crippen LogP contribution is -2.26. The molecular formula is C23H36O2. The summed E-state index contributed by atoms with van der Waals surface area (Å²) in [5.74, 6) is 1.76. The molecular weight excluding hydrogens is 308 g/mol. The van der Waals surface area contributed by atoms with Crippen molar-refractivity contribution < 1.29 is 9.47 Å². The van der Waals surface area contributed by atoms with E-state index in [4.69, 9.17) is 9.47 Å². The normalized spacial score (nSPS) is 30.3. The Balaban J connectivity index is 1.22. The van der Waals surface area contributed by atoms with Crippen LogP contribution in [0.1, 0.15) is 82.1 Å². The second kappa shape index (κ2) is 10.3. The van der Waals surface area contributed by atoms with Gasteiger partial charge in [-0.25, -0.2) is 0 Å². The molecule has 0 aromatic heterocycles. The third-order valence-corrected chi connectivity index (χ3v) is 6.43. The van der Waals surface area contributed by atoms with Gasteiger partial charge in [0.1, 0.15) is 0 Å². The highest BCUT2D eigenvalue weighted by Crippen LogP contribution is 2.37. The van der Waals surface area contributed by atoms with E-state index in [-0.39, 0.29) is 0 Å². The predicted octanol–water partition coefficient (Wildman–Crippen LogP) is 6.10. The molecule has 0 heterocycles. The van der Waals surface area contributed by atoms with Crippen LogP contribution >= 0.6 is 0 Å². The molecule has 0 aliphatic heterocycles. The minimum absolute atomic E-state index is 0.478. The van der Waals surface area contributed by atoms with Crippen LogP contribution in [0.4, 0.5) is 0 Å². The Bertz CT molecular complexity index is 456. The number of rotatable bonds is 8. The number of methoxy groups -OCH3 is 1. The van der Waals surface area contributed by atoms with Crippen LogP contribution in [0.3, 0.4) is 0 Å². The van der Waals surface area contributed by atoms with Gasteiger partial charge in [-0.15, -0.1) is 0 Å². The highest BCUT2D eigenvalue weighted by molar-refractivity contribution is 5.19. The summed E-state index contributed by atoms with van der Waals surface area (Å²) in [6.45, 7) is 0.960. The van der Waals surface area contributed by atoms with Gasteiger partial charge in [0.2, 0.25) is 0 Å². The molecule has 140 valence electrons. The molecule has 0 amide bonds. The molecule has 2 heteroatoms. The van der Waals surface area contributed by atoms with Gasteiger partial charge in [0.15, 0.2) is 0 Å². The second-order valence-corrected chi connectivity index (χ2v) is 8.13. The zero-order valence-corrected chi connectivity index (χ0v) is 16.0. The average Bonchev–Trinajstić information content (AvgIpc) is 2.69. The van der Waals surface area contributed by atoms with Gasteiger partial charge in [-0.1, -0.05) is 43.2 Å². The Labute approximate surface area is 154 Å². The Morgan fingerprint density at radius 3 is 2.16 bits per heavy atom. The van der Waals surface area contributed by atoms with E-state index < -0.39 is 0 Å². The summed E-state index contributed by atoms with van der Waals surface area (Å²) in [6.07, 6.45) is 15.3. The molecule has 0 spiro atoms. The third-order valence-electron chi connectivity index (χ3n) is 6.43. The Hall–Kier alpha value is -0.860. The van der Waals surface area contributed by atoms with Crippen molar-refractivity contribution in [2.24, 2.45) is 5.92 Å². The molecule has 25 heavy (non-hydrogen) atoms. The molecule has 2 aliphatic rings. The van der Waals surface area contributed by atoms with Crippen molar-refractivity contribution in [2.45, 2.75) is 88.8 Å². The van der Waals surface area contributed by atoms with E-state index in [9.17, 15) is 0 Å². The molecule has 0 saturated heterocycles. The zero-order chi connectivity index (χ0) is 17.3. The fraction of sp³-hybridized carbons (Fsp3) is 0.739. The first-order valence-electron chi connectivity index (χ1n) is 10.5. The standard InChI is InChI=1S/C23H36O2/c1-24-22-14-16-23(17-15-22)25-18-6-5-7-19-10-12-21(13-11-19)20-8-3-2-4-9-20/h2-4,8-9,19,21-23H,5-7,10-18H2,1H3. The van der Waals surface area contributed by atoms with Crippen molar-refractivity contribution in [2.75, 3.05) is 13.7 Å².